The zero-order valence-corrected chi connectivity index (χ0v) is 12.0. The molecule has 0 aromatic carbocycles. The zero-order chi connectivity index (χ0) is 14.7. The van der Waals surface area contributed by atoms with Gasteiger partial charge in [0.25, 0.3) is 0 Å². The second-order valence-electron chi connectivity index (χ2n) is 4.84. The summed E-state index contributed by atoms with van der Waals surface area (Å²) in [5.74, 6) is 0.608. The van der Waals surface area contributed by atoms with Crippen LogP contribution in [0.5, 0.6) is 0 Å². The van der Waals surface area contributed by atoms with E-state index in [0.29, 0.717) is 12.5 Å². The maximum Gasteiger partial charge on any atom is 0.223 e. The van der Waals surface area contributed by atoms with Crippen LogP contribution in [0.3, 0.4) is 0 Å². The molecule has 3 aromatic rings. The molecular weight excluding hydrogens is 264 g/mol. The summed E-state index contributed by atoms with van der Waals surface area (Å²) in [6.07, 6.45) is 9.12. The van der Waals surface area contributed by atoms with Gasteiger partial charge in [0.1, 0.15) is 0 Å². The van der Waals surface area contributed by atoms with E-state index in [2.05, 4.69) is 25.4 Å². The monoisotopic (exact) mass is 280 g/mol. The minimum absolute atomic E-state index is 0.608. The van der Waals surface area contributed by atoms with Gasteiger partial charge in [0, 0.05) is 43.9 Å². The molecule has 0 amide bonds. The number of hydrogen-bond donors (Lipinski definition) is 1. The van der Waals surface area contributed by atoms with Crippen molar-refractivity contribution in [2.45, 2.75) is 13.5 Å². The highest BCUT2D eigenvalue weighted by Crippen LogP contribution is 2.20. The summed E-state index contributed by atoms with van der Waals surface area (Å²) in [5.41, 5.74) is 4.05. The van der Waals surface area contributed by atoms with Crippen molar-refractivity contribution in [2.75, 3.05) is 5.32 Å². The van der Waals surface area contributed by atoms with E-state index in [1.165, 1.54) is 0 Å². The molecule has 0 saturated heterocycles. The highest BCUT2D eigenvalue weighted by Gasteiger charge is 2.08. The molecule has 0 aliphatic rings. The molecule has 0 spiro atoms. The second-order valence-corrected chi connectivity index (χ2v) is 4.84. The van der Waals surface area contributed by atoms with Crippen LogP contribution in [-0.2, 0) is 13.6 Å². The van der Waals surface area contributed by atoms with Crippen LogP contribution >= 0.6 is 0 Å². The molecule has 6 nitrogen and oxygen atoms in total. The Morgan fingerprint density at radius 2 is 2.00 bits per heavy atom. The standard InChI is InChI=1S/C15H16N6/c1-11-7-17-15(18-8-12-3-5-16-6-4-12)20-14(11)13-9-19-21(2)10-13/h3-7,9-10H,8H2,1-2H3,(H,17,18,20). The molecule has 0 bridgehead atoms. The largest absolute Gasteiger partial charge is 0.350 e. The van der Waals surface area contributed by atoms with E-state index in [1.807, 2.05) is 44.7 Å². The van der Waals surface area contributed by atoms with Crippen molar-refractivity contribution in [1.29, 1.82) is 0 Å². The number of aryl methyl sites for hydroxylation is 2. The van der Waals surface area contributed by atoms with Crippen LogP contribution in [0.2, 0.25) is 0 Å². The molecule has 21 heavy (non-hydrogen) atoms. The maximum atomic E-state index is 4.58. The molecule has 0 aliphatic carbocycles. The van der Waals surface area contributed by atoms with Gasteiger partial charge in [-0.15, -0.1) is 0 Å². The van der Waals surface area contributed by atoms with Crippen molar-refractivity contribution < 1.29 is 0 Å². The van der Waals surface area contributed by atoms with Crippen molar-refractivity contribution >= 4 is 5.95 Å². The molecule has 0 fully saturated rings. The lowest BCUT2D eigenvalue weighted by molar-refractivity contribution is 0.768. The third-order valence-electron chi connectivity index (χ3n) is 3.15. The van der Waals surface area contributed by atoms with Gasteiger partial charge < -0.3 is 5.32 Å². The van der Waals surface area contributed by atoms with Crippen molar-refractivity contribution in [3.05, 3.63) is 54.2 Å². The fraction of sp³-hybridized carbons (Fsp3) is 0.200. The first-order chi connectivity index (χ1) is 10.2. The highest BCUT2D eigenvalue weighted by atomic mass is 15.2. The molecule has 0 atom stereocenters. The molecule has 0 aliphatic heterocycles. The Balaban J connectivity index is 1.81. The molecule has 0 saturated carbocycles. The Labute approximate surface area is 122 Å². The lowest BCUT2D eigenvalue weighted by Crippen LogP contribution is -2.05. The van der Waals surface area contributed by atoms with Crippen LogP contribution in [0.15, 0.2) is 43.1 Å². The summed E-state index contributed by atoms with van der Waals surface area (Å²) in [5, 5.41) is 7.41. The van der Waals surface area contributed by atoms with Crippen molar-refractivity contribution in [2.24, 2.45) is 7.05 Å². The molecule has 3 aromatic heterocycles. The van der Waals surface area contributed by atoms with E-state index in [-0.39, 0.29) is 0 Å². The van der Waals surface area contributed by atoms with E-state index in [4.69, 9.17) is 0 Å². The van der Waals surface area contributed by atoms with Crippen molar-refractivity contribution in [3.8, 4) is 11.3 Å². The van der Waals surface area contributed by atoms with Gasteiger partial charge in [-0.3, -0.25) is 9.67 Å². The Hall–Kier alpha value is -2.76. The lowest BCUT2D eigenvalue weighted by atomic mass is 10.1. The molecule has 3 rings (SSSR count). The average molecular weight is 280 g/mol. The molecular formula is C15H16N6. The van der Waals surface area contributed by atoms with E-state index in [0.717, 1.165) is 22.4 Å². The van der Waals surface area contributed by atoms with E-state index in [1.54, 1.807) is 17.1 Å². The van der Waals surface area contributed by atoms with Crippen LogP contribution in [0.1, 0.15) is 11.1 Å². The van der Waals surface area contributed by atoms with Crippen LogP contribution in [-0.4, -0.2) is 24.7 Å². The quantitative estimate of drug-likeness (QED) is 0.793. The molecule has 0 radical (unpaired) electrons. The minimum Gasteiger partial charge on any atom is -0.350 e. The van der Waals surface area contributed by atoms with Crippen LogP contribution in [0.4, 0.5) is 5.95 Å². The van der Waals surface area contributed by atoms with Crippen molar-refractivity contribution in [3.63, 3.8) is 0 Å². The first-order valence-corrected chi connectivity index (χ1v) is 6.68. The van der Waals surface area contributed by atoms with Crippen LogP contribution < -0.4 is 5.32 Å². The Morgan fingerprint density at radius 1 is 1.19 bits per heavy atom. The van der Waals surface area contributed by atoms with Gasteiger partial charge >= 0.3 is 0 Å². The summed E-state index contributed by atoms with van der Waals surface area (Å²) in [6, 6.07) is 3.92. The van der Waals surface area contributed by atoms with Gasteiger partial charge in [0.2, 0.25) is 5.95 Å². The lowest BCUT2D eigenvalue weighted by Gasteiger charge is -2.07. The summed E-state index contributed by atoms with van der Waals surface area (Å²) in [4.78, 5) is 12.9. The van der Waals surface area contributed by atoms with Gasteiger partial charge in [-0.2, -0.15) is 5.10 Å². The first-order valence-electron chi connectivity index (χ1n) is 6.68. The molecule has 106 valence electrons. The normalized spacial score (nSPS) is 10.6. The minimum atomic E-state index is 0.608. The SMILES string of the molecule is Cc1cnc(NCc2ccncc2)nc1-c1cnn(C)c1. The number of rotatable bonds is 4. The summed E-state index contributed by atoms with van der Waals surface area (Å²) < 4.78 is 1.76. The van der Waals surface area contributed by atoms with Gasteiger partial charge in [0.05, 0.1) is 11.9 Å². The van der Waals surface area contributed by atoms with Crippen LogP contribution in [0.25, 0.3) is 11.3 Å². The summed E-state index contributed by atoms with van der Waals surface area (Å²) in [6.45, 7) is 2.66. The maximum absolute atomic E-state index is 4.58. The number of pyridine rings is 1. The van der Waals surface area contributed by atoms with E-state index in [9.17, 15) is 0 Å². The topological polar surface area (TPSA) is 68.5 Å². The molecule has 6 heteroatoms. The Morgan fingerprint density at radius 3 is 2.71 bits per heavy atom. The summed E-state index contributed by atoms with van der Waals surface area (Å²) in [7, 11) is 1.89. The van der Waals surface area contributed by atoms with Gasteiger partial charge in [0.15, 0.2) is 0 Å². The third-order valence-corrected chi connectivity index (χ3v) is 3.15. The average Bonchev–Trinajstić information content (AvgIpc) is 2.94. The number of nitrogens with zero attached hydrogens (tertiary/aromatic N) is 5. The number of nitrogens with one attached hydrogen (secondary N) is 1. The second kappa shape index (κ2) is 5.70. The van der Waals surface area contributed by atoms with E-state index < -0.39 is 0 Å². The predicted molar refractivity (Wildman–Crippen MR) is 80.5 cm³/mol. The first kappa shape index (κ1) is 13.2. The third kappa shape index (κ3) is 3.05. The highest BCUT2D eigenvalue weighted by molar-refractivity contribution is 5.62. The van der Waals surface area contributed by atoms with Gasteiger partial charge in [-0.1, -0.05) is 0 Å². The Kier molecular flexibility index (Phi) is 3.59. The molecule has 1 N–H and O–H groups in total. The fourth-order valence-corrected chi connectivity index (χ4v) is 2.04. The molecule has 3 heterocycles. The predicted octanol–water partition coefficient (Wildman–Crippen LogP) is 2.19. The summed E-state index contributed by atoms with van der Waals surface area (Å²) >= 11 is 0. The fourth-order valence-electron chi connectivity index (χ4n) is 2.04. The smallest absolute Gasteiger partial charge is 0.223 e. The zero-order valence-electron chi connectivity index (χ0n) is 12.0. The number of anilines is 1. The Bertz CT molecular complexity index is 735. The number of hydrogen-bond acceptors (Lipinski definition) is 5. The van der Waals surface area contributed by atoms with E-state index >= 15 is 0 Å². The van der Waals surface area contributed by atoms with Gasteiger partial charge in [-0.25, -0.2) is 9.97 Å². The number of aromatic nitrogens is 5. The van der Waals surface area contributed by atoms with Gasteiger partial charge in [-0.05, 0) is 30.2 Å². The van der Waals surface area contributed by atoms with Crippen LogP contribution in [0, 0.1) is 6.92 Å². The molecule has 0 unspecified atom stereocenters. The van der Waals surface area contributed by atoms with Crippen molar-refractivity contribution in [1.82, 2.24) is 24.7 Å².